The minimum absolute atomic E-state index is 0.0449. The van der Waals surface area contributed by atoms with Crippen molar-refractivity contribution >= 4 is 17.3 Å². The van der Waals surface area contributed by atoms with E-state index in [4.69, 9.17) is 0 Å². The van der Waals surface area contributed by atoms with Gasteiger partial charge in [0.15, 0.2) is 0 Å². The summed E-state index contributed by atoms with van der Waals surface area (Å²) >= 11 is 0. The number of benzene rings is 1. The molecule has 0 aliphatic heterocycles. The lowest BCUT2D eigenvalue weighted by molar-refractivity contribution is -0.137. The fourth-order valence-electron chi connectivity index (χ4n) is 2.53. The summed E-state index contributed by atoms with van der Waals surface area (Å²) in [6.07, 6.45) is -0.936. The van der Waals surface area contributed by atoms with E-state index in [2.05, 4.69) is 10.3 Å². The van der Waals surface area contributed by atoms with E-state index in [0.717, 1.165) is 18.6 Å². The van der Waals surface area contributed by atoms with Crippen molar-refractivity contribution in [1.82, 2.24) is 4.98 Å². The maximum Gasteiger partial charge on any atom is 0.416 e. The number of nitrogens with zero attached hydrogens (tertiary/aromatic N) is 2. The summed E-state index contributed by atoms with van der Waals surface area (Å²) < 4.78 is 39.2. The molecule has 8 heteroatoms. The van der Waals surface area contributed by atoms with Crippen molar-refractivity contribution in [1.29, 1.82) is 0 Å². The molecule has 0 saturated heterocycles. The minimum Gasteiger partial charge on any atom is -0.395 e. The molecule has 0 aliphatic rings. The van der Waals surface area contributed by atoms with E-state index in [1.807, 2.05) is 6.92 Å². The second-order valence-electron chi connectivity index (χ2n) is 5.63. The Bertz CT molecular complexity index is 730. The fourth-order valence-corrected chi connectivity index (χ4v) is 2.53. The summed E-state index contributed by atoms with van der Waals surface area (Å²) in [7, 11) is 0. The number of hydrogen-bond acceptors (Lipinski definition) is 4. The van der Waals surface area contributed by atoms with Crippen molar-refractivity contribution in [3.05, 3.63) is 53.9 Å². The second kappa shape index (κ2) is 8.66. The Hall–Kier alpha value is -2.61. The number of amides is 1. The summed E-state index contributed by atoms with van der Waals surface area (Å²) in [5, 5.41) is 11.8. The van der Waals surface area contributed by atoms with Gasteiger partial charge in [-0.1, -0.05) is 6.92 Å². The number of aromatic nitrogens is 1. The molecule has 0 aliphatic carbocycles. The predicted octanol–water partition coefficient (Wildman–Crippen LogP) is 3.56. The van der Waals surface area contributed by atoms with Gasteiger partial charge in [-0.05, 0) is 36.8 Å². The third-order valence-electron chi connectivity index (χ3n) is 3.72. The highest BCUT2D eigenvalue weighted by Crippen LogP contribution is 2.35. The topological polar surface area (TPSA) is 65.5 Å². The quantitative estimate of drug-likeness (QED) is 0.785. The Morgan fingerprint density at radius 2 is 1.88 bits per heavy atom. The molecule has 0 saturated carbocycles. The standard InChI is InChI=1S/C18H20F3N3O2/c1-2-9-24(10-11-25)16-4-3-14(18(19,20)21)12-15(16)23-17(26)13-5-7-22-8-6-13/h3-8,12,25H,2,9-11H2,1H3,(H,23,26). The van der Waals surface area contributed by atoms with Gasteiger partial charge in [-0.25, -0.2) is 0 Å². The van der Waals surface area contributed by atoms with Gasteiger partial charge in [-0.3, -0.25) is 9.78 Å². The summed E-state index contributed by atoms with van der Waals surface area (Å²) in [5.41, 5.74) is -0.0980. The van der Waals surface area contributed by atoms with Crippen LogP contribution in [0.25, 0.3) is 0 Å². The molecule has 140 valence electrons. The Kier molecular flexibility index (Phi) is 6.57. The molecule has 1 heterocycles. The number of carbonyl (C=O) groups excluding carboxylic acids is 1. The minimum atomic E-state index is -4.53. The van der Waals surface area contributed by atoms with Crippen molar-refractivity contribution < 1.29 is 23.1 Å². The van der Waals surface area contributed by atoms with Crippen molar-refractivity contribution in [2.75, 3.05) is 29.9 Å². The van der Waals surface area contributed by atoms with Crippen LogP contribution in [-0.2, 0) is 6.18 Å². The van der Waals surface area contributed by atoms with Crippen LogP contribution in [0.1, 0.15) is 29.3 Å². The number of hydrogen-bond donors (Lipinski definition) is 2. The van der Waals surface area contributed by atoms with Crippen LogP contribution in [0, 0.1) is 0 Å². The highest BCUT2D eigenvalue weighted by Gasteiger charge is 2.31. The number of aliphatic hydroxyl groups excluding tert-OH is 1. The van der Waals surface area contributed by atoms with Crippen LogP contribution in [0.15, 0.2) is 42.7 Å². The maximum atomic E-state index is 13.1. The van der Waals surface area contributed by atoms with Crippen LogP contribution < -0.4 is 10.2 Å². The van der Waals surface area contributed by atoms with E-state index >= 15 is 0 Å². The molecule has 1 aromatic heterocycles. The van der Waals surface area contributed by atoms with Gasteiger partial charge in [0.05, 0.1) is 23.5 Å². The van der Waals surface area contributed by atoms with E-state index in [1.165, 1.54) is 30.6 Å². The van der Waals surface area contributed by atoms with Gasteiger partial charge in [0, 0.05) is 31.0 Å². The molecule has 2 rings (SSSR count). The third-order valence-corrected chi connectivity index (χ3v) is 3.72. The number of anilines is 2. The molecular weight excluding hydrogens is 347 g/mol. The number of rotatable bonds is 7. The van der Waals surface area contributed by atoms with E-state index in [-0.39, 0.29) is 24.4 Å². The highest BCUT2D eigenvalue weighted by molar-refractivity contribution is 6.05. The zero-order chi connectivity index (χ0) is 19.2. The van der Waals surface area contributed by atoms with Crippen LogP contribution in [0.4, 0.5) is 24.5 Å². The van der Waals surface area contributed by atoms with Crippen molar-refractivity contribution in [2.45, 2.75) is 19.5 Å². The number of halogens is 3. The lowest BCUT2D eigenvalue weighted by Crippen LogP contribution is -2.29. The zero-order valence-corrected chi connectivity index (χ0v) is 14.3. The first-order chi connectivity index (χ1) is 12.4. The van der Waals surface area contributed by atoms with Gasteiger partial charge in [-0.2, -0.15) is 13.2 Å². The van der Waals surface area contributed by atoms with Gasteiger partial charge in [0.2, 0.25) is 0 Å². The average molecular weight is 367 g/mol. The Morgan fingerprint density at radius 3 is 2.46 bits per heavy atom. The smallest absolute Gasteiger partial charge is 0.395 e. The van der Waals surface area contributed by atoms with E-state index < -0.39 is 17.6 Å². The zero-order valence-electron chi connectivity index (χ0n) is 14.3. The number of carbonyl (C=O) groups is 1. The Morgan fingerprint density at radius 1 is 1.19 bits per heavy atom. The first-order valence-corrected chi connectivity index (χ1v) is 8.15. The van der Waals surface area contributed by atoms with E-state index in [1.54, 1.807) is 4.90 Å². The van der Waals surface area contributed by atoms with Gasteiger partial charge < -0.3 is 15.3 Å². The first kappa shape index (κ1) is 19.7. The van der Waals surface area contributed by atoms with Gasteiger partial charge in [0.25, 0.3) is 5.91 Å². The lowest BCUT2D eigenvalue weighted by atomic mass is 10.1. The van der Waals surface area contributed by atoms with Crippen LogP contribution in [0.2, 0.25) is 0 Å². The molecule has 0 atom stereocenters. The largest absolute Gasteiger partial charge is 0.416 e. The molecule has 1 aromatic carbocycles. The molecule has 0 radical (unpaired) electrons. The molecule has 2 N–H and O–H groups in total. The van der Waals surface area contributed by atoms with Crippen LogP contribution >= 0.6 is 0 Å². The summed E-state index contributed by atoms with van der Waals surface area (Å²) in [4.78, 5) is 17.9. The molecule has 1 amide bonds. The second-order valence-corrected chi connectivity index (χ2v) is 5.63. The molecular formula is C18H20F3N3O2. The monoisotopic (exact) mass is 367 g/mol. The van der Waals surface area contributed by atoms with Crippen LogP contribution in [0.5, 0.6) is 0 Å². The number of aliphatic hydroxyl groups is 1. The molecule has 0 bridgehead atoms. The van der Waals surface area contributed by atoms with Crippen LogP contribution in [0.3, 0.4) is 0 Å². The lowest BCUT2D eigenvalue weighted by Gasteiger charge is -2.27. The molecule has 26 heavy (non-hydrogen) atoms. The fraction of sp³-hybridized carbons (Fsp3) is 0.333. The van der Waals surface area contributed by atoms with E-state index in [0.29, 0.717) is 12.2 Å². The van der Waals surface area contributed by atoms with Crippen molar-refractivity contribution in [3.8, 4) is 0 Å². The molecule has 2 aromatic rings. The maximum absolute atomic E-state index is 13.1. The molecule has 0 spiro atoms. The molecule has 0 fully saturated rings. The highest BCUT2D eigenvalue weighted by atomic mass is 19.4. The Balaban J connectivity index is 2.42. The number of alkyl halides is 3. The summed E-state index contributed by atoms with van der Waals surface area (Å²) in [6, 6.07) is 6.14. The average Bonchev–Trinajstić information content (AvgIpc) is 2.61. The van der Waals surface area contributed by atoms with Gasteiger partial charge >= 0.3 is 6.18 Å². The van der Waals surface area contributed by atoms with Crippen LogP contribution in [-0.4, -0.2) is 35.7 Å². The van der Waals surface area contributed by atoms with Crippen molar-refractivity contribution in [3.63, 3.8) is 0 Å². The molecule has 5 nitrogen and oxygen atoms in total. The number of pyridine rings is 1. The summed E-state index contributed by atoms with van der Waals surface area (Å²) in [5.74, 6) is -0.534. The predicted molar refractivity (Wildman–Crippen MR) is 93.2 cm³/mol. The Labute approximate surface area is 149 Å². The first-order valence-electron chi connectivity index (χ1n) is 8.15. The molecule has 0 unspecified atom stereocenters. The summed E-state index contributed by atoms with van der Waals surface area (Å²) in [6.45, 7) is 2.55. The third kappa shape index (κ3) is 4.95. The SMILES string of the molecule is CCCN(CCO)c1ccc(C(F)(F)F)cc1NC(=O)c1ccncc1. The van der Waals surface area contributed by atoms with Crippen molar-refractivity contribution in [2.24, 2.45) is 0 Å². The van der Waals surface area contributed by atoms with Gasteiger partial charge in [0.1, 0.15) is 0 Å². The number of nitrogens with one attached hydrogen (secondary N) is 1. The van der Waals surface area contributed by atoms with E-state index in [9.17, 15) is 23.1 Å². The van der Waals surface area contributed by atoms with Gasteiger partial charge in [-0.15, -0.1) is 0 Å². The normalized spacial score (nSPS) is 11.3.